The molecule has 0 saturated carbocycles. The Morgan fingerprint density at radius 3 is 1.78 bits per heavy atom. The van der Waals surface area contributed by atoms with Crippen LogP contribution in [0.4, 0.5) is 26.1 Å². The maximum Gasteiger partial charge on any atom is 0.339 e. The first kappa shape index (κ1) is 36.8. The summed E-state index contributed by atoms with van der Waals surface area (Å²) in [5.74, 6) is -2.20. The van der Waals surface area contributed by atoms with Gasteiger partial charge in [-0.2, -0.15) is 16.8 Å². The maximum atomic E-state index is 12.4. The van der Waals surface area contributed by atoms with E-state index in [-0.39, 0.29) is 41.0 Å². The van der Waals surface area contributed by atoms with Gasteiger partial charge >= 0.3 is 32.5 Å². The first-order chi connectivity index (χ1) is 23.6. The predicted octanol–water partition coefficient (Wildman–Crippen LogP) is -2.52. The quantitative estimate of drug-likeness (QED) is 0.0638. The Morgan fingerprint density at radius 2 is 1.38 bits per heavy atom. The molecule has 9 N–H and O–H groups in total. The summed E-state index contributed by atoms with van der Waals surface area (Å²) in [4.78, 5) is 76.8. The van der Waals surface area contributed by atoms with Gasteiger partial charge in [-0.15, -0.1) is 11.3 Å². The number of hydrogen-bond acceptors (Lipinski definition) is 17. The van der Waals surface area contributed by atoms with Crippen LogP contribution in [0.25, 0.3) is 0 Å². The SMILES string of the molecule is CON=C(C(=O)N[C@H]1CN(C(=O)NS(=O)(=O)Nc2ccncc2)C1=O)c1csc(N)n1.N[C@H]1CN(C(=O)NS(=O)(=O)Nc2ccncc2)C1=O. The number of nitrogen functional groups attached to an aromatic ring is 1. The lowest BCUT2D eigenvalue weighted by Crippen LogP contribution is -2.68. The standard InChI is InChI=1S/C15H16N8O6S2.C9H11N5O4S/c1-29-20-11(10-7-30-14(16)19-10)12(24)18-9-6-23(13(9)25)15(26)22-31(27,28)21-8-2-4-17-5-3-8;10-7-5-14(8(7)15)9(16)13-19(17,18)12-6-1-3-11-4-2-6/h2-5,7,9H,6H2,1H3,(H2,16,19)(H,17,21)(H,18,24)(H,22,26);1-4,7H,5,10H2,(H,11,12)(H,13,16)/t9-;7-/m00/s1. The van der Waals surface area contributed by atoms with Gasteiger partial charge in [-0.25, -0.2) is 24.0 Å². The van der Waals surface area contributed by atoms with E-state index >= 15 is 0 Å². The highest BCUT2D eigenvalue weighted by Crippen LogP contribution is 2.15. The molecule has 2 atom stereocenters. The molecule has 0 spiro atoms. The van der Waals surface area contributed by atoms with E-state index in [2.05, 4.69) is 39.7 Å². The van der Waals surface area contributed by atoms with Crippen LogP contribution in [0.2, 0.25) is 0 Å². The Kier molecular flexibility index (Phi) is 11.4. The van der Waals surface area contributed by atoms with Gasteiger partial charge in [-0.3, -0.25) is 43.6 Å². The minimum atomic E-state index is -4.29. The maximum absolute atomic E-state index is 12.4. The number of anilines is 3. The van der Waals surface area contributed by atoms with Crippen molar-refractivity contribution in [3.63, 3.8) is 0 Å². The lowest BCUT2D eigenvalue weighted by Gasteiger charge is -2.36. The van der Waals surface area contributed by atoms with Gasteiger partial charge in [0.05, 0.1) is 24.5 Å². The predicted molar refractivity (Wildman–Crippen MR) is 174 cm³/mol. The fourth-order valence-corrected chi connectivity index (χ4v) is 6.04. The molecule has 5 rings (SSSR count). The van der Waals surface area contributed by atoms with Crippen LogP contribution in [-0.2, 0) is 39.6 Å². The number of urea groups is 2. The molecular weight excluding hydrogens is 727 g/mol. The second-order valence-corrected chi connectivity index (χ2v) is 13.4. The molecule has 50 heavy (non-hydrogen) atoms. The minimum Gasteiger partial charge on any atom is -0.398 e. The summed E-state index contributed by atoms with van der Waals surface area (Å²) in [7, 11) is -7.17. The van der Waals surface area contributed by atoms with Crippen LogP contribution < -0.4 is 35.7 Å². The number of imide groups is 2. The van der Waals surface area contributed by atoms with Crippen molar-refractivity contribution in [1.29, 1.82) is 0 Å². The van der Waals surface area contributed by atoms with E-state index < -0.39 is 62.3 Å². The second-order valence-electron chi connectivity index (χ2n) is 9.72. The number of nitrogens with zero attached hydrogens (tertiary/aromatic N) is 6. The molecule has 2 aliphatic rings. The summed E-state index contributed by atoms with van der Waals surface area (Å²) in [6.07, 6.45) is 5.48. The third-order valence-electron chi connectivity index (χ3n) is 6.16. The fourth-order valence-electron chi connectivity index (χ4n) is 3.81. The summed E-state index contributed by atoms with van der Waals surface area (Å²) >= 11 is 1.08. The van der Waals surface area contributed by atoms with E-state index in [1.807, 2.05) is 0 Å². The second kappa shape index (κ2) is 15.5. The molecular formula is C24H27N13O10S3. The van der Waals surface area contributed by atoms with Crippen molar-refractivity contribution in [3.8, 4) is 0 Å². The third-order valence-corrected chi connectivity index (χ3v) is 8.73. The average Bonchev–Trinajstić information content (AvgIpc) is 3.49. The van der Waals surface area contributed by atoms with Gasteiger partial charge in [0.1, 0.15) is 24.9 Å². The number of carbonyl (C=O) groups is 5. The van der Waals surface area contributed by atoms with Crippen molar-refractivity contribution in [2.75, 3.05) is 35.4 Å². The van der Waals surface area contributed by atoms with Gasteiger partial charge in [0.25, 0.3) is 11.8 Å². The number of thiazole rings is 1. The van der Waals surface area contributed by atoms with Gasteiger partial charge in [-0.1, -0.05) is 5.16 Å². The third kappa shape index (κ3) is 9.55. The van der Waals surface area contributed by atoms with Crippen LogP contribution in [0.15, 0.2) is 59.6 Å². The van der Waals surface area contributed by atoms with Crippen molar-refractivity contribution in [1.82, 2.24) is 39.5 Å². The fraction of sp³-hybridized carbons (Fsp3) is 0.208. The van der Waals surface area contributed by atoms with Crippen LogP contribution in [-0.4, -0.2) is 109 Å². The molecule has 266 valence electrons. The van der Waals surface area contributed by atoms with E-state index in [0.717, 1.165) is 16.2 Å². The van der Waals surface area contributed by atoms with Crippen molar-refractivity contribution < 1.29 is 45.6 Å². The molecule has 7 amide bonds. The molecule has 2 saturated heterocycles. The normalized spacial score (nSPS) is 17.2. The number of aromatic nitrogens is 3. The lowest BCUT2D eigenvalue weighted by atomic mass is 10.1. The number of amides is 7. The Bertz CT molecular complexity index is 2010. The van der Waals surface area contributed by atoms with Crippen molar-refractivity contribution in [2.24, 2.45) is 10.9 Å². The molecule has 23 nitrogen and oxygen atoms in total. The number of β-lactam (4-membered cyclic amide) rings is 2. The van der Waals surface area contributed by atoms with Gasteiger partial charge in [0, 0.05) is 30.2 Å². The molecule has 0 radical (unpaired) electrons. The first-order valence-electron chi connectivity index (χ1n) is 13.6. The average molecular weight is 754 g/mol. The molecule has 5 heterocycles. The molecule has 0 unspecified atom stereocenters. The monoisotopic (exact) mass is 753 g/mol. The van der Waals surface area contributed by atoms with Gasteiger partial charge in [0.2, 0.25) is 5.91 Å². The highest BCUT2D eigenvalue weighted by atomic mass is 32.2. The Labute approximate surface area is 286 Å². The Hall–Kier alpha value is -5.99. The highest BCUT2D eigenvalue weighted by molar-refractivity contribution is 7.91. The largest absolute Gasteiger partial charge is 0.398 e. The minimum absolute atomic E-state index is 0.00452. The topological polar surface area (TPSA) is 333 Å². The van der Waals surface area contributed by atoms with Gasteiger partial charge in [-0.05, 0) is 24.3 Å². The van der Waals surface area contributed by atoms with Crippen molar-refractivity contribution >= 4 is 83.8 Å². The lowest BCUT2D eigenvalue weighted by molar-refractivity contribution is -0.141. The van der Waals surface area contributed by atoms with Crippen LogP contribution >= 0.6 is 11.3 Å². The first-order valence-corrected chi connectivity index (χ1v) is 17.4. The smallest absolute Gasteiger partial charge is 0.339 e. The van der Waals surface area contributed by atoms with E-state index in [1.165, 1.54) is 61.5 Å². The molecule has 0 aromatic carbocycles. The Balaban J connectivity index is 0.000000252. The summed E-state index contributed by atoms with van der Waals surface area (Å²) in [6, 6.07) is 1.55. The zero-order valence-corrected chi connectivity index (χ0v) is 27.9. The molecule has 26 heteroatoms. The van der Waals surface area contributed by atoms with Crippen LogP contribution in [0.5, 0.6) is 0 Å². The molecule has 2 aliphatic heterocycles. The van der Waals surface area contributed by atoms with Crippen molar-refractivity contribution in [3.05, 3.63) is 60.1 Å². The van der Waals surface area contributed by atoms with Crippen LogP contribution in [0.3, 0.4) is 0 Å². The molecule has 3 aromatic heterocycles. The number of carbonyl (C=O) groups excluding carboxylic acids is 5. The number of pyridine rings is 2. The summed E-state index contributed by atoms with van der Waals surface area (Å²) in [5, 5.41) is 7.65. The number of nitrogens with one attached hydrogen (secondary N) is 5. The molecule has 2 fully saturated rings. The molecule has 3 aromatic rings. The molecule has 0 aliphatic carbocycles. The highest BCUT2D eigenvalue weighted by Gasteiger charge is 2.43. The number of oxime groups is 1. The van der Waals surface area contributed by atoms with E-state index in [1.54, 1.807) is 9.44 Å². The van der Waals surface area contributed by atoms with E-state index in [9.17, 15) is 40.8 Å². The number of likely N-dealkylation sites (tertiary alicyclic amines) is 2. The summed E-state index contributed by atoms with van der Waals surface area (Å²) in [5.41, 5.74) is 11.2. The van der Waals surface area contributed by atoms with Crippen LogP contribution in [0.1, 0.15) is 5.69 Å². The van der Waals surface area contributed by atoms with E-state index in [4.69, 9.17) is 11.5 Å². The Morgan fingerprint density at radius 1 is 0.880 bits per heavy atom. The number of hydrogen-bond donors (Lipinski definition) is 7. The zero-order valence-electron chi connectivity index (χ0n) is 25.4. The van der Waals surface area contributed by atoms with E-state index in [0.29, 0.717) is 4.90 Å². The van der Waals surface area contributed by atoms with Crippen molar-refractivity contribution in [2.45, 2.75) is 12.1 Å². The van der Waals surface area contributed by atoms with Crippen LogP contribution in [0, 0.1) is 0 Å². The summed E-state index contributed by atoms with van der Waals surface area (Å²) in [6.45, 7) is -0.254. The number of nitrogens with two attached hydrogens (primary N) is 2. The van der Waals surface area contributed by atoms with Gasteiger partial charge in [0.15, 0.2) is 10.8 Å². The molecule has 0 bridgehead atoms. The number of rotatable bonds is 10. The van der Waals surface area contributed by atoms with Gasteiger partial charge < -0.3 is 21.6 Å². The zero-order chi connectivity index (χ0) is 36.6. The summed E-state index contributed by atoms with van der Waals surface area (Å²) < 4.78 is 54.9.